The highest BCUT2D eigenvalue weighted by molar-refractivity contribution is 9.10. The molecule has 1 N–H and O–H groups in total. The van der Waals surface area contributed by atoms with Gasteiger partial charge in [0, 0.05) is 15.1 Å². The summed E-state index contributed by atoms with van der Waals surface area (Å²) in [6, 6.07) is 5.49. The largest absolute Gasteiger partial charge is 0.439 e. The van der Waals surface area contributed by atoms with Gasteiger partial charge in [-0.05, 0) is 12.1 Å². The van der Waals surface area contributed by atoms with E-state index in [1.165, 1.54) is 0 Å². The van der Waals surface area contributed by atoms with E-state index in [0.29, 0.717) is 11.6 Å². The molecule has 0 aromatic heterocycles. The number of benzene rings is 1. The van der Waals surface area contributed by atoms with Crippen LogP contribution in [0.5, 0.6) is 0 Å². The summed E-state index contributed by atoms with van der Waals surface area (Å²) >= 11 is 9.32. The number of carbonyl (C=O) groups is 1. The summed E-state index contributed by atoms with van der Waals surface area (Å²) in [7, 11) is 0. The molecule has 14 heavy (non-hydrogen) atoms. The fourth-order valence-corrected chi connectivity index (χ4v) is 2.12. The van der Waals surface area contributed by atoms with Crippen molar-refractivity contribution in [2.24, 2.45) is 0 Å². The molecule has 0 saturated carbocycles. The number of nitrogens with one attached hydrogen (secondary N) is 1. The van der Waals surface area contributed by atoms with Crippen molar-refractivity contribution in [2.45, 2.75) is 6.10 Å². The number of carbonyl (C=O) groups excluding carboxylic acids is 1. The highest BCUT2D eigenvalue weighted by Crippen LogP contribution is 2.29. The van der Waals surface area contributed by atoms with Gasteiger partial charge in [-0.2, -0.15) is 0 Å². The predicted octanol–water partition coefficient (Wildman–Crippen LogP) is 2.88. The number of alkyl carbamates (subject to hydrolysis) is 1. The highest BCUT2D eigenvalue weighted by atomic mass is 79.9. The molecule has 5 heteroatoms. The van der Waals surface area contributed by atoms with E-state index in [-0.39, 0.29) is 6.10 Å². The molecule has 0 radical (unpaired) electrons. The van der Waals surface area contributed by atoms with Crippen LogP contribution in [0, 0.1) is 0 Å². The molecule has 1 saturated heterocycles. The van der Waals surface area contributed by atoms with E-state index in [1.807, 2.05) is 12.1 Å². The maximum atomic E-state index is 10.8. The lowest BCUT2D eigenvalue weighted by atomic mass is 10.1. The SMILES string of the molecule is O=C1NCC(c2ccc(Br)cc2Cl)O1. The van der Waals surface area contributed by atoms with Crippen LogP contribution >= 0.6 is 27.5 Å². The van der Waals surface area contributed by atoms with Gasteiger partial charge >= 0.3 is 6.09 Å². The number of amides is 1. The van der Waals surface area contributed by atoms with Gasteiger partial charge in [-0.25, -0.2) is 4.79 Å². The summed E-state index contributed by atoms with van der Waals surface area (Å²) in [6.07, 6.45) is -0.669. The lowest BCUT2D eigenvalue weighted by molar-refractivity contribution is 0.141. The van der Waals surface area contributed by atoms with Crippen molar-refractivity contribution in [3.8, 4) is 0 Å². The first-order valence-electron chi connectivity index (χ1n) is 4.06. The average Bonchev–Trinajstić information content (AvgIpc) is 2.51. The quantitative estimate of drug-likeness (QED) is 0.856. The van der Waals surface area contributed by atoms with E-state index >= 15 is 0 Å². The van der Waals surface area contributed by atoms with Crippen molar-refractivity contribution >= 4 is 33.6 Å². The van der Waals surface area contributed by atoms with Gasteiger partial charge in [-0.3, -0.25) is 0 Å². The molecule has 0 spiro atoms. The zero-order chi connectivity index (χ0) is 10.1. The summed E-state index contributed by atoms with van der Waals surface area (Å²) in [5.41, 5.74) is 0.827. The van der Waals surface area contributed by atoms with Gasteiger partial charge in [0.25, 0.3) is 0 Å². The van der Waals surface area contributed by atoms with Gasteiger partial charge in [0.05, 0.1) is 6.54 Å². The fraction of sp³-hybridized carbons (Fsp3) is 0.222. The number of hydrogen-bond donors (Lipinski definition) is 1. The van der Waals surface area contributed by atoms with Crippen molar-refractivity contribution in [1.29, 1.82) is 0 Å². The summed E-state index contributed by atoms with van der Waals surface area (Å²) in [5.74, 6) is 0. The topological polar surface area (TPSA) is 38.3 Å². The zero-order valence-electron chi connectivity index (χ0n) is 7.09. The number of ether oxygens (including phenoxy) is 1. The van der Waals surface area contributed by atoms with Crippen LogP contribution in [0.3, 0.4) is 0 Å². The van der Waals surface area contributed by atoms with Crippen LogP contribution < -0.4 is 5.32 Å². The molecular formula is C9H7BrClNO2. The summed E-state index contributed by atoms with van der Waals surface area (Å²) in [5, 5.41) is 3.18. The smallest absolute Gasteiger partial charge is 0.407 e. The Balaban J connectivity index is 2.28. The number of hydrogen-bond acceptors (Lipinski definition) is 2. The molecule has 1 atom stereocenters. The van der Waals surface area contributed by atoms with Gasteiger partial charge in [0.2, 0.25) is 0 Å². The van der Waals surface area contributed by atoms with Crippen LogP contribution in [0.4, 0.5) is 4.79 Å². The number of cyclic esters (lactones) is 1. The first-order chi connectivity index (χ1) is 6.66. The summed E-state index contributed by atoms with van der Waals surface area (Å²) in [6.45, 7) is 0.472. The second-order valence-corrected chi connectivity index (χ2v) is 4.26. The Morgan fingerprint density at radius 3 is 2.93 bits per heavy atom. The van der Waals surface area contributed by atoms with E-state index in [1.54, 1.807) is 6.07 Å². The molecule has 3 nitrogen and oxygen atoms in total. The highest BCUT2D eigenvalue weighted by Gasteiger charge is 2.25. The summed E-state index contributed by atoms with van der Waals surface area (Å²) < 4.78 is 5.92. The van der Waals surface area contributed by atoms with Crippen LogP contribution in [0.2, 0.25) is 5.02 Å². The van der Waals surface area contributed by atoms with Crippen LogP contribution in [-0.2, 0) is 4.74 Å². The zero-order valence-corrected chi connectivity index (χ0v) is 9.43. The molecule has 74 valence electrons. The normalized spacial score (nSPS) is 20.4. The Morgan fingerprint density at radius 1 is 1.57 bits per heavy atom. The molecule has 1 fully saturated rings. The average molecular weight is 277 g/mol. The van der Waals surface area contributed by atoms with Gasteiger partial charge in [-0.1, -0.05) is 33.6 Å². The van der Waals surface area contributed by atoms with Crippen LogP contribution in [0.1, 0.15) is 11.7 Å². The Hall–Kier alpha value is -0.740. The molecule has 1 aliphatic heterocycles. The van der Waals surface area contributed by atoms with Crippen molar-refractivity contribution < 1.29 is 9.53 Å². The first-order valence-corrected chi connectivity index (χ1v) is 5.23. The first kappa shape index (κ1) is 9.80. The molecular weight excluding hydrogens is 269 g/mol. The standard InChI is InChI=1S/C9H7BrClNO2/c10-5-1-2-6(7(11)3-5)8-4-12-9(13)14-8/h1-3,8H,4H2,(H,12,13). The van der Waals surface area contributed by atoms with Crippen LogP contribution in [-0.4, -0.2) is 12.6 Å². The second kappa shape index (κ2) is 3.79. The maximum Gasteiger partial charge on any atom is 0.407 e. The van der Waals surface area contributed by atoms with E-state index in [2.05, 4.69) is 21.2 Å². The number of rotatable bonds is 1. The third-order valence-corrected chi connectivity index (χ3v) is 2.81. The number of halogens is 2. The van der Waals surface area contributed by atoms with Gasteiger partial charge in [-0.15, -0.1) is 0 Å². The van der Waals surface area contributed by atoms with Crippen molar-refractivity contribution in [3.05, 3.63) is 33.3 Å². The molecule has 1 aromatic rings. The minimum absolute atomic E-state index is 0.275. The van der Waals surface area contributed by atoms with Crippen LogP contribution in [0.15, 0.2) is 22.7 Å². The van der Waals surface area contributed by atoms with Gasteiger partial charge < -0.3 is 10.1 Å². The van der Waals surface area contributed by atoms with Gasteiger partial charge in [0.15, 0.2) is 0 Å². The Morgan fingerprint density at radius 2 is 2.36 bits per heavy atom. The molecule has 1 heterocycles. The lowest BCUT2D eigenvalue weighted by Gasteiger charge is -2.09. The molecule has 1 aromatic carbocycles. The molecule has 0 aliphatic carbocycles. The van der Waals surface area contributed by atoms with Gasteiger partial charge in [0.1, 0.15) is 6.10 Å². The second-order valence-electron chi connectivity index (χ2n) is 2.94. The molecule has 1 aliphatic rings. The summed E-state index contributed by atoms with van der Waals surface area (Å²) in [4.78, 5) is 10.8. The Labute approximate surface area is 94.5 Å². The van der Waals surface area contributed by atoms with Crippen molar-refractivity contribution in [1.82, 2.24) is 5.32 Å². The van der Waals surface area contributed by atoms with E-state index < -0.39 is 6.09 Å². The molecule has 2 rings (SSSR count). The third kappa shape index (κ3) is 1.86. The van der Waals surface area contributed by atoms with E-state index in [0.717, 1.165) is 10.0 Å². The van der Waals surface area contributed by atoms with E-state index in [4.69, 9.17) is 16.3 Å². The van der Waals surface area contributed by atoms with Crippen molar-refractivity contribution in [2.75, 3.05) is 6.54 Å². The monoisotopic (exact) mass is 275 g/mol. The predicted molar refractivity (Wildman–Crippen MR) is 56.4 cm³/mol. The third-order valence-electron chi connectivity index (χ3n) is 1.99. The maximum absolute atomic E-state index is 10.8. The minimum Gasteiger partial charge on any atom is -0.439 e. The van der Waals surface area contributed by atoms with E-state index in [9.17, 15) is 4.79 Å². The van der Waals surface area contributed by atoms with Crippen molar-refractivity contribution in [3.63, 3.8) is 0 Å². The Kier molecular flexibility index (Phi) is 2.65. The fourth-order valence-electron chi connectivity index (χ4n) is 1.32. The molecule has 0 bridgehead atoms. The van der Waals surface area contributed by atoms with Crippen LogP contribution in [0.25, 0.3) is 0 Å². The molecule has 1 unspecified atom stereocenters. The molecule has 1 amide bonds. The lowest BCUT2D eigenvalue weighted by Crippen LogP contribution is -2.12. The Bertz CT molecular complexity index is 383. The minimum atomic E-state index is -0.394.